The van der Waals surface area contributed by atoms with Gasteiger partial charge in [0, 0.05) is 24.6 Å². The molecule has 5 nitrogen and oxygen atoms in total. The van der Waals surface area contributed by atoms with E-state index in [2.05, 4.69) is 10.3 Å². The topological polar surface area (TPSA) is 71.5 Å². The molecule has 0 spiro atoms. The number of thiazole rings is 1. The number of halogens is 1. The van der Waals surface area contributed by atoms with Gasteiger partial charge in [-0.25, -0.2) is 9.37 Å². The lowest BCUT2D eigenvalue weighted by Gasteiger charge is -2.09. The number of rotatable bonds is 7. The minimum atomic E-state index is -0.601. The first-order valence-corrected chi connectivity index (χ1v) is 7.65. The van der Waals surface area contributed by atoms with Gasteiger partial charge in [0.2, 0.25) is 0 Å². The Balaban J connectivity index is 1.90. The zero-order chi connectivity index (χ0) is 15.9. The van der Waals surface area contributed by atoms with Gasteiger partial charge < -0.3 is 15.2 Å². The molecule has 1 atom stereocenters. The van der Waals surface area contributed by atoms with Crippen molar-refractivity contribution in [2.45, 2.75) is 12.5 Å². The molecule has 1 aromatic heterocycles. The Hall–Kier alpha value is -1.83. The van der Waals surface area contributed by atoms with Crippen molar-refractivity contribution in [2.24, 2.45) is 0 Å². The van der Waals surface area contributed by atoms with Crippen LogP contribution in [0.25, 0.3) is 10.6 Å². The standard InChI is InChI=1S/C15H17FN2O3S/c1-21-8-12(19)6-7-17-14(20)13-9-22-15(18-13)10-2-4-11(16)5-3-10/h2-5,9,12,19H,6-8H2,1H3,(H,17,20). The molecule has 2 N–H and O–H groups in total. The van der Waals surface area contributed by atoms with Gasteiger partial charge in [-0.3, -0.25) is 4.79 Å². The number of carbonyl (C=O) groups is 1. The van der Waals surface area contributed by atoms with Crippen molar-refractivity contribution in [2.75, 3.05) is 20.3 Å². The van der Waals surface area contributed by atoms with E-state index in [9.17, 15) is 14.3 Å². The van der Waals surface area contributed by atoms with Gasteiger partial charge in [-0.05, 0) is 30.7 Å². The van der Waals surface area contributed by atoms with Crippen LogP contribution in [0.4, 0.5) is 4.39 Å². The Morgan fingerprint density at radius 1 is 1.45 bits per heavy atom. The van der Waals surface area contributed by atoms with Crippen molar-refractivity contribution < 1.29 is 19.0 Å². The van der Waals surface area contributed by atoms with Gasteiger partial charge in [-0.15, -0.1) is 11.3 Å². The van der Waals surface area contributed by atoms with Crippen LogP contribution in [0.2, 0.25) is 0 Å². The fraction of sp³-hybridized carbons (Fsp3) is 0.333. The predicted octanol–water partition coefficient (Wildman–Crippen LogP) is 2.08. The molecule has 1 heterocycles. The highest BCUT2D eigenvalue weighted by atomic mass is 32.1. The van der Waals surface area contributed by atoms with E-state index in [-0.39, 0.29) is 18.3 Å². The molecule has 1 unspecified atom stereocenters. The summed E-state index contributed by atoms with van der Waals surface area (Å²) in [5, 5.41) is 14.5. The van der Waals surface area contributed by atoms with Crippen LogP contribution in [0.15, 0.2) is 29.6 Å². The number of methoxy groups -OCH3 is 1. The number of hydrogen-bond acceptors (Lipinski definition) is 5. The summed E-state index contributed by atoms with van der Waals surface area (Å²) >= 11 is 1.32. The molecule has 118 valence electrons. The highest BCUT2D eigenvalue weighted by Crippen LogP contribution is 2.23. The normalized spacial score (nSPS) is 12.1. The van der Waals surface area contributed by atoms with Crippen molar-refractivity contribution >= 4 is 17.2 Å². The molecule has 0 aliphatic heterocycles. The number of amides is 1. The fourth-order valence-electron chi connectivity index (χ4n) is 1.82. The monoisotopic (exact) mass is 324 g/mol. The van der Waals surface area contributed by atoms with Gasteiger partial charge in [0.25, 0.3) is 5.91 Å². The van der Waals surface area contributed by atoms with Crippen LogP contribution in [0, 0.1) is 5.82 Å². The number of ether oxygens (including phenoxy) is 1. The maximum atomic E-state index is 12.9. The van der Waals surface area contributed by atoms with Crippen molar-refractivity contribution in [3.63, 3.8) is 0 Å². The number of nitrogens with zero attached hydrogens (tertiary/aromatic N) is 1. The van der Waals surface area contributed by atoms with E-state index >= 15 is 0 Å². The molecule has 7 heteroatoms. The van der Waals surface area contributed by atoms with Crippen molar-refractivity contribution in [1.82, 2.24) is 10.3 Å². The first-order valence-electron chi connectivity index (χ1n) is 6.77. The summed E-state index contributed by atoms with van der Waals surface area (Å²) in [4.78, 5) is 16.2. The quantitative estimate of drug-likeness (QED) is 0.818. The third kappa shape index (κ3) is 4.59. The average molecular weight is 324 g/mol. The van der Waals surface area contributed by atoms with Crippen LogP contribution in [0.1, 0.15) is 16.9 Å². The molecule has 1 aromatic carbocycles. The molecular formula is C15H17FN2O3S. The molecule has 2 aromatic rings. The molecule has 0 saturated heterocycles. The van der Waals surface area contributed by atoms with Gasteiger partial charge in [0.05, 0.1) is 12.7 Å². The fourth-order valence-corrected chi connectivity index (χ4v) is 2.63. The number of nitrogens with one attached hydrogen (secondary N) is 1. The van der Waals surface area contributed by atoms with Crippen LogP contribution >= 0.6 is 11.3 Å². The molecule has 1 amide bonds. The maximum absolute atomic E-state index is 12.9. The maximum Gasteiger partial charge on any atom is 0.270 e. The molecule has 0 fully saturated rings. The first-order chi connectivity index (χ1) is 10.6. The van der Waals surface area contributed by atoms with E-state index in [0.29, 0.717) is 23.7 Å². The minimum Gasteiger partial charge on any atom is -0.391 e. The summed E-state index contributed by atoms with van der Waals surface area (Å²) in [5.74, 6) is -0.609. The second-order valence-electron chi connectivity index (χ2n) is 4.70. The Morgan fingerprint density at radius 3 is 2.86 bits per heavy atom. The van der Waals surface area contributed by atoms with Gasteiger partial charge in [0.15, 0.2) is 0 Å². The molecule has 0 saturated carbocycles. The van der Waals surface area contributed by atoms with E-state index in [1.165, 1.54) is 30.6 Å². The van der Waals surface area contributed by atoms with E-state index in [1.54, 1.807) is 17.5 Å². The van der Waals surface area contributed by atoms with Crippen molar-refractivity contribution in [3.8, 4) is 10.6 Å². The molecule has 0 radical (unpaired) electrons. The zero-order valence-electron chi connectivity index (χ0n) is 12.1. The Kier molecular flexibility index (Phi) is 6.00. The molecule has 22 heavy (non-hydrogen) atoms. The average Bonchev–Trinajstić information content (AvgIpc) is 2.98. The zero-order valence-corrected chi connectivity index (χ0v) is 12.9. The summed E-state index contributed by atoms with van der Waals surface area (Å²) < 4.78 is 17.7. The number of hydrogen-bond donors (Lipinski definition) is 2. The number of benzene rings is 1. The number of aliphatic hydroxyl groups excluding tert-OH is 1. The second-order valence-corrected chi connectivity index (χ2v) is 5.56. The molecule has 2 rings (SSSR count). The summed E-state index contributed by atoms with van der Waals surface area (Å²) in [7, 11) is 1.51. The van der Waals surface area contributed by atoms with Gasteiger partial charge >= 0.3 is 0 Å². The number of carbonyl (C=O) groups excluding carboxylic acids is 1. The number of aromatic nitrogens is 1. The third-order valence-electron chi connectivity index (χ3n) is 2.95. The van der Waals surface area contributed by atoms with Crippen LogP contribution in [-0.2, 0) is 4.74 Å². The summed E-state index contributed by atoms with van der Waals surface area (Å²) in [6.07, 6.45) is -0.190. The summed E-state index contributed by atoms with van der Waals surface area (Å²) in [6.45, 7) is 0.577. The van der Waals surface area contributed by atoms with Crippen LogP contribution in [0.5, 0.6) is 0 Å². The first kappa shape index (κ1) is 16.5. The van der Waals surface area contributed by atoms with E-state index in [4.69, 9.17) is 4.74 Å². The van der Waals surface area contributed by atoms with Crippen LogP contribution in [0.3, 0.4) is 0 Å². The van der Waals surface area contributed by atoms with Crippen molar-refractivity contribution in [3.05, 3.63) is 41.2 Å². The Bertz CT molecular complexity index is 616. The van der Waals surface area contributed by atoms with Crippen molar-refractivity contribution in [1.29, 1.82) is 0 Å². The smallest absolute Gasteiger partial charge is 0.270 e. The molecule has 0 aliphatic carbocycles. The molecule has 0 aliphatic rings. The SMILES string of the molecule is COCC(O)CCNC(=O)c1csc(-c2ccc(F)cc2)n1. The lowest BCUT2D eigenvalue weighted by atomic mass is 10.2. The van der Waals surface area contributed by atoms with E-state index in [0.717, 1.165) is 5.56 Å². The lowest BCUT2D eigenvalue weighted by Crippen LogP contribution is -2.28. The summed E-state index contributed by atoms with van der Waals surface area (Å²) in [6, 6.07) is 5.95. The minimum absolute atomic E-state index is 0.237. The highest BCUT2D eigenvalue weighted by molar-refractivity contribution is 7.13. The Morgan fingerprint density at radius 2 is 2.18 bits per heavy atom. The van der Waals surface area contributed by atoms with E-state index in [1.807, 2.05) is 0 Å². The second kappa shape index (κ2) is 7.98. The van der Waals surface area contributed by atoms with Gasteiger partial charge in [0.1, 0.15) is 16.5 Å². The highest BCUT2D eigenvalue weighted by Gasteiger charge is 2.12. The van der Waals surface area contributed by atoms with Crippen LogP contribution < -0.4 is 5.32 Å². The molecule has 0 bridgehead atoms. The number of aliphatic hydroxyl groups is 1. The Labute approximate surface area is 131 Å². The largest absolute Gasteiger partial charge is 0.391 e. The van der Waals surface area contributed by atoms with Gasteiger partial charge in [-0.1, -0.05) is 0 Å². The van der Waals surface area contributed by atoms with Gasteiger partial charge in [-0.2, -0.15) is 0 Å². The summed E-state index contributed by atoms with van der Waals surface area (Å²) in [5.41, 5.74) is 1.08. The third-order valence-corrected chi connectivity index (χ3v) is 3.84. The molecular weight excluding hydrogens is 307 g/mol. The van der Waals surface area contributed by atoms with E-state index < -0.39 is 6.10 Å². The predicted molar refractivity (Wildman–Crippen MR) is 82.3 cm³/mol. The van der Waals surface area contributed by atoms with Crippen LogP contribution in [-0.4, -0.2) is 42.4 Å². The lowest BCUT2D eigenvalue weighted by molar-refractivity contribution is 0.0587.